The van der Waals surface area contributed by atoms with Crippen LogP contribution in [-0.4, -0.2) is 40.3 Å². The predicted octanol–water partition coefficient (Wildman–Crippen LogP) is 3.26. The number of amides is 2. The highest BCUT2D eigenvalue weighted by atomic mass is 16.6. The molecule has 0 saturated carbocycles. The van der Waals surface area contributed by atoms with Crippen molar-refractivity contribution in [1.29, 1.82) is 0 Å². The number of ether oxygens (including phenoxy) is 1. The molecule has 2 aromatic rings. The van der Waals surface area contributed by atoms with Gasteiger partial charge in [0.15, 0.2) is 0 Å². The van der Waals surface area contributed by atoms with Crippen LogP contribution in [0.25, 0.3) is 10.8 Å². The summed E-state index contributed by atoms with van der Waals surface area (Å²) >= 11 is 0. The van der Waals surface area contributed by atoms with E-state index in [-0.39, 0.29) is 6.42 Å². The zero-order valence-corrected chi connectivity index (χ0v) is 17.4. The van der Waals surface area contributed by atoms with Gasteiger partial charge in [-0.25, -0.2) is 9.59 Å². The Hall–Kier alpha value is -3.09. The van der Waals surface area contributed by atoms with Crippen molar-refractivity contribution in [3.05, 3.63) is 48.0 Å². The van der Waals surface area contributed by atoms with Crippen LogP contribution in [0, 0.1) is 0 Å². The van der Waals surface area contributed by atoms with Crippen LogP contribution in [0.15, 0.2) is 42.5 Å². The number of fused-ring (bicyclic) bond motifs is 1. The summed E-state index contributed by atoms with van der Waals surface area (Å²) in [5.41, 5.74) is -1.27. The fourth-order valence-corrected chi connectivity index (χ4v) is 2.76. The molecule has 2 aromatic carbocycles. The molecule has 7 heteroatoms. The number of carbonyl (C=O) groups is 3. The first-order chi connectivity index (χ1) is 13.4. The quantitative estimate of drug-likeness (QED) is 0.690. The average Bonchev–Trinajstić information content (AvgIpc) is 2.58. The molecule has 7 nitrogen and oxygen atoms in total. The minimum atomic E-state index is -1.35. The van der Waals surface area contributed by atoms with Crippen LogP contribution in [0.4, 0.5) is 4.79 Å². The third-order valence-electron chi connectivity index (χ3n) is 4.24. The maximum atomic E-state index is 12.6. The summed E-state index contributed by atoms with van der Waals surface area (Å²) in [5, 5.41) is 16.6. The van der Waals surface area contributed by atoms with Crippen LogP contribution < -0.4 is 10.6 Å². The zero-order chi connectivity index (χ0) is 21.8. The number of carboxylic acids is 1. The zero-order valence-electron chi connectivity index (χ0n) is 17.4. The van der Waals surface area contributed by atoms with Crippen LogP contribution in [-0.2, 0) is 20.7 Å². The molecule has 2 rings (SSSR count). The van der Waals surface area contributed by atoms with Gasteiger partial charge >= 0.3 is 12.1 Å². The molecule has 0 radical (unpaired) electrons. The van der Waals surface area contributed by atoms with Crippen molar-refractivity contribution in [3.8, 4) is 0 Å². The molecular weight excluding hydrogens is 372 g/mol. The Morgan fingerprint density at radius 1 is 1.00 bits per heavy atom. The van der Waals surface area contributed by atoms with Gasteiger partial charge in [0, 0.05) is 6.42 Å². The van der Waals surface area contributed by atoms with Crippen LogP contribution in [0.3, 0.4) is 0 Å². The van der Waals surface area contributed by atoms with Gasteiger partial charge in [-0.15, -0.1) is 0 Å². The molecule has 1 unspecified atom stereocenters. The second kappa shape index (κ2) is 8.51. The first-order valence-corrected chi connectivity index (χ1v) is 9.40. The highest BCUT2D eigenvalue weighted by Crippen LogP contribution is 2.17. The summed E-state index contributed by atoms with van der Waals surface area (Å²) in [4.78, 5) is 36.3. The van der Waals surface area contributed by atoms with E-state index in [1.54, 1.807) is 20.8 Å². The highest BCUT2D eigenvalue weighted by Gasteiger charge is 2.34. The fraction of sp³-hybridized carbons (Fsp3) is 0.409. The average molecular weight is 400 g/mol. The smallest absolute Gasteiger partial charge is 0.408 e. The van der Waals surface area contributed by atoms with E-state index in [4.69, 9.17) is 4.74 Å². The number of nitrogens with one attached hydrogen (secondary N) is 2. The Morgan fingerprint density at radius 3 is 2.21 bits per heavy atom. The van der Waals surface area contributed by atoms with Gasteiger partial charge in [-0.05, 0) is 51.0 Å². The first-order valence-electron chi connectivity index (χ1n) is 9.40. The van der Waals surface area contributed by atoms with Gasteiger partial charge in [0.25, 0.3) is 0 Å². The lowest BCUT2D eigenvalue weighted by atomic mass is 9.99. The van der Waals surface area contributed by atoms with E-state index in [1.807, 2.05) is 42.5 Å². The summed E-state index contributed by atoms with van der Waals surface area (Å²) < 4.78 is 5.17. The molecule has 0 aliphatic carbocycles. The Labute approximate surface area is 170 Å². The lowest BCUT2D eigenvalue weighted by Gasteiger charge is -2.29. The molecule has 0 aromatic heterocycles. The maximum Gasteiger partial charge on any atom is 0.408 e. The van der Waals surface area contributed by atoms with Gasteiger partial charge < -0.3 is 20.5 Å². The SMILES string of the molecule is CC(C)(C)OC(=O)NC(C)(C)C(=O)NC(Cc1ccc2ccccc2c1)C(=O)O. The Bertz CT molecular complexity index is 915. The minimum absolute atomic E-state index is 0.119. The number of alkyl carbamates (subject to hydrolysis) is 1. The number of rotatable bonds is 6. The summed E-state index contributed by atoms with van der Waals surface area (Å²) in [6.45, 7) is 8.11. The van der Waals surface area contributed by atoms with Gasteiger partial charge in [-0.3, -0.25) is 4.79 Å². The topological polar surface area (TPSA) is 105 Å². The number of carboxylic acid groups (broad SMARTS) is 1. The van der Waals surface area contributed by atoms with Crippen molar-refractivity contribution < 1.29 is 24.2 Å². The minimum Gasteiger partial charge on any atom is -0.480 e. The third-order valence-corrected chi connectivity index (χ3v) is 4.24. The van der Waals surface area contributed by atoms with E-state index in [2.05, 4.69) is 10.6 Å². The van der Waals surface area contributed by atoms with Crippen LogP contribution in [0.1, 0.15) is 40.2 Å². The van der Waals surface area contributed by atoms with Crippen LogP contribution in [0.5, 0.6) is 0 Å². The van der Waals surface area contributed by atoms with Gasteiger partial charge in [-0.2, -0.15) is 0 Å². The molecule has 0 spiro atoms. The lowest BCUT2D eigenvalue weighted by molar-refractivity contribution is -0.142. The van der Waals surface area contributed by atoms with Crippen molar-refractivity contribution in [3.63, 3.8) is 0 Å². The Kier molecular flexibility index (Phi) is 6.51. The molecule has 0 aliphatic rings. The Balaban J connectivity index is 2.09. The number of benzene rings is 2. The standard InChI is InChI=1S/C22H28N2O5/c1-21(2,3)29-20(28)24-22(4,5)19(27)23-17(18(25)26)13-14-10-11-15-8-6-7-9-16(15)12-14/h6-12,17H,13H2,1-5H3,(H,23,27)(H,24,28)(H,25,26). The predicted molar refractivity (Wildman–Crippen MR) is 111 cm³/mol. The van der Waals surface area contributed by atoms with Gasteiger partial charge in [-0.1, -0.05) is 42.5 Å². The molecule has 0 fully saturated rings. The first kappa shape index (κ1) is 22.2. The molecule has 0 saturated heterocycles. The second-order valence-corrected chi connectivity index (χ2v) is 8.50. The Morgan fingerprint density at radius 2 is 1.62 bits per heavy atom. The number of hydrogen-bond donors (Lipinski definition) is 3. The monoisotopic (exact) mass is 400 g/mol. The molecule has 156 valence electrons. The van der Waals surface area contributed by atoms with Crippen molar-refractivity contribution in [1.82, 2.24) is 10.6 Å². The lowest BCUT2D eigenvalue weighted by Crippen LogP contribution is -2.58. The van der Waals surface area contributed by atoms with Crippen molar-refractivity contribution >= 4 is 28.7 Å². The third kappa shape index (κ3) is 6.48. The van der Waals surface area contributed by atoms with E-state index in [1.165, 1.54) is 13.8 Å². The molecule has 0 heterocycles. The van der Waals surface area contributed by atoms with Gasteiger partial charge in [0.2, 0.25) is 5.91 Å². The normalized spacial score (nSPS) is 12.9. The van der Waals surface area contributed by atoms with Crippen LogP contribution in [0.2, 0.25) is 0 Å². The van der Waals surface area contributed by atoms with E-state index < -0.39 is 35.2 Å². The van der Waals surface area contributed by atoms with Crippen molar-refractivity contribution in [2.45, 2.75) is 58.2 Å². The van der Waals surface area contributed by atoms with Crippen molar-refractivity contribution in [2.75, 3.05) is 0 Å². The summed E-state index contributed by atoms with van der Waals surface area (Å²) in [5.74, 6) is -1.77. The highest BCUT2D eigenvalue weighted by molar-refractivity contribution is 5.92. The van der Waals surface area contributed by atoms with Gasteiger partial charge in [0.05, 0.1) is 0 Å². The van der Waals surface area contributed by atoms with Crippen molar-refractivity contribution in [2.24, 2.45) is 0 Å². The summed E-state index contributed by atoms with van der Waals surface area (Å²) in [6.07, 6.45) is -0.631. The summed E-state index contributed by atoms with van der Waals surface area (Å²) in [7, 11) is 0. The van der Waals surface area contributed by atoms with E-state index in [9.17, 15) is 19.5 Å². The number of carbonyl (C=O) groups excluding carboxylic acids is 2. The number of aliphatic carboxylic acids is 1. The maximum absolute atomic E-state index is 12.6. The molecule has 29 heavy (non-hydrogen) atoms. The molecule has 1 atom stereocenters. The molecule has 2 amide bonds. The molecule has 0 bridgehead atoms. The largest absolute Gasteiger partial charge is 0.480 e. The summed E-state index contributed by atoms with van der Waals surface area (Å²) in [6, 6.07) is 12.3. The van der Waals surface area contributed by atoms with Gasteiger partial charge in [0.1, 0.15) is 17.2 Å². The second-order valence-electron chi connectivity index (χ2n) is 8.50. The van der Waals surface area contributed by atoms with Crippen LogP contribution >= 0.6 is 0 Å². The molecule has 3 N–H and O–H groups in total. The fourth-order valence-electron chi connectivity index (χ4n) is 2.76. The van der Waals surface area contributed by atoms with E-state index in [0.29, 0.717) is 0 Å². The molecule has 0 aliphatic heterocycles. The van der Waals surface area contributed by atoms with E-state index in [0.717, 1.165) is 16.3 Å². The van der Waals surface area contributed by atoms with E-state index >= 15 is 0 Å². The number of hydrogen-bond acceptors (Lipinski definition) is 4. The molecular formula is C22H28N2O5.